The summed E-state index contributed by atoms with van der Waals surface area (Å²) in [7, 11) is 4.31. The summed E-state index contributed by atoms with van der Waals surface area (Å²) in [5, 5.41) is 4.62. The van der Waals surface area contributed by atoms with Crippen molar-refractivity contribution in [1.82, 2.24) is 14.5 Å². The maximum absolute atomic E-state index is 4.57. The zero-order valence-corrected chi connectivity index (χ0v) is 14.9. The molecule has 2 aromatic heterocycles. The minimum Gasteiger partial charge on any atom is -0.364 e. The van der Waals surface area contributed by atoms with Gasteiger partial charge in [0.2, 0.25) is 0 Å². The fraction of sp³-hybridized carbons (Fsp3) is 0.368. The van der Waals surface area contributed by atoms with Crippen LogP contribution in [0.15, 0.2) is 36.7 Å². The molecule has 0 fully saturated rings. The SMILES string of the molecule is Cc1c(C)n(Cc2ccccc2)c2ncnc(NCC[NH+](C)C)c12. The van der Waals surface area contributed by atoms with E-state index in [1.807, 2.05) is 6.07 Å². The number of aryl methyl sites for hydroxylation is 1. The average molecular weight is 324 g/mol. The maximum atomic E-state index is 4.57. The Morgan fingerprint density at radius 2 is 1.83 bits per heavy atom. The molecule has 0 aliphatic heterocycles. The van der Waals surface area contributed by atoms with Crippen LogP contribution in [0.3, 0.4) is 0 Å². The van der Waals surface area contributed by atoms with Crippen LogP contribution in [0.2, 0.25) is 0 Å². The van der Waals surface area contributed by atoms with Crippen molar-refractivity contribution in [1.29, 1.82) is 0 Å². The molecule has 5 nitrogen and oxygen atoms in total. The van der Waals surface area contributed by atoms with Crippen molar-refractivity contribution in [2.75, 3.05) is 32.5 Å². The van der Waals surface area contributed by atoms with Gasteiger partial charge in [-0.3, -0.25) is 0 Å². The molecule has 2 heterocycles. The van der Waals surface area contributed by atoms with Gasteiger partial charge in [0, 0.05) is 12.2 Å². The minimum atomic E-state index is 0.829. The van der Waals surface area contributed by atoms with Gasteiger partial charge in [0.15, 0.2) is 0 Å². The number of anilines is 1. The second-order valence-corrected chi connectivity index (χ2v) is 6.59. The van der Waals surface area contributed by atoms with Crippen molar-refractivity contribution in [3.63, 3.8) is 0 Å². The molecule has 0 saturated carbocycles. The Kier molecular flexibility index (Phi) is 4.81. The second kappa shape index (κ2) is 7.01. The van der Waals surface area contributed by atoms with Crippen LogP contribution in [0.4, 0.5) is 5.82 Å². The third-order valence-electron chi connectivity index (χ3n) is 4.51. The summed E-state index contributed by atoms with van der Waals surface area (Å²) in [6.45, 7) is 7.10. The summed E-state index contributed by atoms with van der Waals surface area (Å²) in [6, 6.07) is 10.5. The Labute approximate surface area is 143 Å². The van der Waals surface area contributed by atoms with E-state index in [9.17, 15) is 0 Å². The lowest BCUT2D eigenvalue weighted by molar-refractivity contribution is -0.856. The molecule has 3 rings (SSSR count). The van der Waals surface area contributed by atoms with Gasteiger partial charge in [-0.05, 0) is 25.0 Å². The molecule has 0 bridgehead atoms. The quantitative estimate of drug-likeness (QED) is 0.725. The van der Waals surface area contributed by atoms with Crippen LogP contribution in [0.5, 0.6) is 0 Å². The Morgan fingerprint density at radius 3 is 2.54 bits per heavy atom. The van der Waals surface area contributed by atoms with Gasteiger partial charge in [-0.25, -0.2) is 9.97 Å². The molecule has 3 aromatic rings. The highest BCUT2D eigenvalue weighted by molar-refractivity contribution is 5.91. The van der Waals surface area contributed by atoms with Gasteiger partial charge < -0.3 is 14.8 Å². The molecule has 0 aliphatic rings. The Hall–Kier alpha value is -2.40. The number of nitrogens with one attached hydrogen (secondary N) is 2. The highest BCUT2D eigenvalue weighted by Gasteiger charge is 2.16. The predicted molar refractivity (Wildman–Crippen MR) is 98.7 cm³/mol. The Bertz CT molecular complexity index is 821. The number of benzene rings is 1. The third-order valence-corrected chi connectivity index (χ3v) is 4.51. The molecule has 24 heavy (non-hydrogen) atoms. The molecule has 2 N–H and O–H groups in total. The first-order chi connectivity index (χ1) is 11.6. The number of aromatic nitrogens is 3. The van der Waals surface area contributed by atoms with E-state index >= 15 is 0 Å². The molecule has 126 valence electrons. The lowest BCUT2D eigenvalue weighted by atomic mass is 10.2. The fourth-order valence-corrected chi connectivity index (χ4v) is 2.99. The van der Waals surface area contributed by atoms with E-state index in [0.717, 1.165) is 36.5 Å². The number of rotatable bonds is 6. The number of quaternary nitrogens is 1. The molecule has 1 aromatic carbocycles. The van der Waals surface area contributed by atoms with Gasteiger partial charge in [0.05, 0.1) is 32.6 Å². The molecular formula is C19H26N5+. The van der Waals surface area contributed by atoms with Gasteiger partial charge in [-0.1, -0.05) is 30.3 Å². The summed E-state index contributed by atoms with van der Waals surface area (Å²) in [4.78, 5) is 10.5. The van der Waals surface area contributed by atoms with Crippen LogP contribution >= 0.6 is 0 Å². The summed E-state index contributed by atoms with van der Waals surface area (Å²) in [6.07, 6.45) is 1.66. The van der Waals surface area contributed by atoms with Gasteiger partial charge >= 0.3 is 0 Å². The molecule has 0 radical (unpaired) electrons. The summed E-state index contributed by atoms with van der Waals surface area (Å²) in [5.74, 6) is 0.939. The van der Waals surface area contributed by atoms with Crippen molar-refractivity contribution in [2.24, 2.45) is 0 Å². The van der Waals surface area contributed by atoms with Crippen LogP contribution in [0.1, 0.15) is 16.8 Å². The average Bonchev–Trinajstić information content (AvgIpc) is 2.81. The van der Waals surface area contributed by atoms with Crippen molar-refractivity contribution in [2.45, 2.75) is 20.4 Å². The van der Waals surface area contributed by atoms with Crippen LogP contribution in [0.25, 0.3) is 11.0 Å². The van der Waals surface area contributed by atoms with Gasteiger partial charge in [-0.15, -0.1) is 0 Å². The van der Waals surface area contributed by atoms with E-state index in [1.54, 1.807) is 6.33 Å². The van der Waals surface area contributed by atoms with E-state index in [1.165, 1.54) is 21.7 Å². The van der Waals surface area contributed by atoms with Crippen molar-refractivity contribution < 1.29 is 4.90 Å². The van der Waals surface area contributed by atoms with Crippen LogP contribution in [-0.2, 0) is 6.54 Å². The summed E-state index contributed by atoms with van der Waals surface area (Å²) in [5.41, 5.74) is 4.78. The summed E-state index contributed by atoms with van der Waals surface area (Å²) < 4.78 is 2.28. The van der Waals surface area contributed by atoms with Crippen LogP contribution < -0.4 is 10.2 Å². The minimum absolute atomic E-state index is 0.829. The Balaban J connectivity index is 1.98. The maximum Gasteiger partial charge on any atom is 0.146 e. The second-order valence-electron chi connectivity index (χ2n) is 6.59. The number of nitrogens with zero attached hydrogens (tertiary/aromatic N) is 3. The molecule has 0 atom stereocenters. The lowest BCUT2D eigenvalue weighted by Gasteiger charge is -2.10. The standard InChI is InChI=1S/C19H25N5/c1-14-15(2)24(12-16-8-6-5-7-9-16)19-17(14)18(21-13-22-19)20-10-11-23(3)4/h5-9,13H,10-12H2,1-4H3,(H,20,21,22)/p+1. The number of hydrogen-bond donors (Lipinski definition) is 2. The first-order valence-electron chi connectivity index (χ1n) is 8.45. The van der Waals surface area contributed by atoms with Crippen molar-refractivity contribution in [3.05, 3.63) is 53.5 Å². The highest BCUT2D eigenvalue weighted by Crippen LogP contribution is 2.29. The zero-order valence-electron chi connectivity index (χ0n) is 14.9. The highest BCUT2D eigenvalue weighted by atomic mass is 15.1. The third kappa shape index (κ3) is 3.26. The van der Waals surface area contributed by atoms with Crippen LogP contribution in [0, 0.1) is 13.8 Å². The number of hydrogen-bond acceptors (Lipinski definition) is 3. The topological polar surface area (TPSA) is 47.2 Å². The first-order valence-corrected chi connectivity index (χ1v) is 8.45. The van der Waals surface area contributed by atoms with Gasteiger partial charge in [-0.2, -0.15) is 0 Å². The van der Waals surface area contributed by atoms with E-state index in [0.29, 0.717) is 0 Å². The zero-order chi connectivity index (χ0) is 17.1. The molecule has 0 spiro atoms. The lowest BCUT2D eigenvalue weighted by Crippen LogP contribution is -3.06. The monoisotopic (exact) mass is 324 g/mol. The van der Waals surface area contributed by atoms with Gasteiger partial charge in [0.25, 0.3) is 0 Å². The van der Waals surface area contributed by atoms with Crippen molar-refractivity contribution >= 4 is 16.9 Å². The largest absolute Gasteiger partial charge is 0.364 e. The van der Waals surface area contributed by atoms with Crippen molar-refractivity contribution in [3.8, 4) is 0 Å². The van der Waals surface area contributed by atoms with Crippen LogP contribution in [-0.4, -0.2) is 41.7 Å². The van der Waals surface area contributed by atoms with E-state index in [2.05, 4.69) is 72.1 Å². The fourth-order valence-electron chi connectivity index (χ4n) is 2.99. The molecule has 0 amide bonds. The molecule has 5 heteroatoms. The molecule has 0 saturated heterocycles. The number of fused-ring (bicyclic) bond motifs is 1. The smallest absolute Gasteiger partial charge is 0.146 e. The number of likely N-dealkylation sites (N-methyl/N-ethyl adjacent to an activating group) is 1. The normalized spacial score (nSPS) is 11.4. The van der Waals surface area contributed by atoms with E-state index in [-0.39, 0.29) is 0 Å². The molecule has 0 aliphatic carbocycles. The van der Waals surface area contributed by atoms with E-state index < -0.39 is 0 Å². The summed E-state index contributed by atoms with van der Waals surface area (Å²) >= 11 is 0. The molecular weight excluding hydrogens is 298 g/mol. The van der Waals surface area contributed by atoms with E-state index in [4.69, 9.17) is 0 Å². The Morgan fingerprint density at radius 1 is 1.08 bits per heavy atom. The first kappa shape index (κ1) is 16.5. The van der Waals surface area contributed by atoms with Gasteiger partial charge in [0.1, 0.15) is 17.8 Å². The molecule has 0 unspecified atom stereocenters. The predicted octanol–water partition coefficient (Wildman–Crippen LogP) is 1.65.